The third kappa shape index (κ3) is 4.52. The Kier molecular flexibility index (Phi) is 6.83. The molecule has 0 aliphatic rings. The summed E-state index contributed by atoms with van der Waals surface area (Å²) in [7, 11) is 0. The van der Waals surface area contributed by atoms with Gasteiger partial charge in [0, 0.05) is 22.9 Å². The second-order valence-corrected chi connectivity index (χ2v) is 6.32. The maximum absolute atomic E-state index is 6.25. The summed E-state index contributed by atoms with van der Waals surface area (Å²) < 4.78 is 6.18. The van der Waals surface area contributed by atoms with Crippen LogP contribution in [0.4, 0.5) is 0 Å². The fourth-order valence-electron chi connectivity index (χ4n) is 2.28. The Labute approximate surface area is 160 Å². The van der Waals surface area contributed by atoms with Gasteiger partial charge >= 0.3 is 0 Å². The molecule has 0 fully saturated rings. The van der Waals surface area contributed by atoms with Crippen LogP contribution in [0.3, 0.4) is 0 Å². The van der Waals surface area contributed by atoms with Gasteiger partial charge in [-0.25, -0.2) is 0 Å². The molecule has 2 aromatic rings. The van der Waals surface area contributed by atoms with E-state index >= 15 is 0 Å². The Morgan fingerprint density at radius 3 is 1.52 bits per heavy atom. The lowest BCUT2D eigenvalue weighted by Gasteiger charge is -2.14. The van der Waals surface area contributed by atoms with Gasteiger partial charge in [-0.2, -0.15) is 0 Å². The van der Waals surface area contributed by atoms with Crippen LogP contribution in [0, 0.1) is 37.5 Å². The summed E-state index contributed by atoms with van der Waals surface area (Å²) >= 11 is 12.5. The van der Waals surface area contributed by atoms with Crippen molar-refractivity contribution in [3.8, 4) is 35.2 Å². The average Bonchev–Trinajstić information content (AvgIpc) is 2.60. The number of rotatable bonds is 2. The molecule has 0 atom stereocenters. The van der Waals surface area contributed by atoms with Crippen LogP contribution in [-0.2, 0) is 0 Å². The maximum atomic E-state index is 6.25. The van der Waals surface area contributed by atoms with Gasteiger partial charge in [-0.3, -0.25) is 0 Å². The van der Waals surface area contributed by atoms with Gasteiger partial charge in [0.2, 0.25) is 0 Å². The molecule has 0 radical (unpaired) electrons. The first kappa shape index (κ1) is 19.3. The Morgan fingerprint density at radius 2 is 1.16 bits per heavy atom. The highest BCUT2D eigenvalue weighted by atomic mass is 35.5. The van der Waals surface area contributed by atoms with Crippen molar-refractivity contribution < 1.29 is 4.74 Å². The van der Waals surface area contributed by atoms with Gasteiger partial charge in [0.05, 0.1) is 11.1 Å². The summed E-state index contributed by atoms with van der Waals surface area (Å²) in [5.41, 5.74) is 3.42. The van der Waals surface area contributed by atoms with E-state index in [1.165, 1.54) is 0 Å². The van der Waals surface area contributed by atoms with Crippen LogP contribution in [0.15, 0.2) is 24.3 Å². The van der Waals surface area contributed by atoms with E-state index in [-0.39, 0.29) is 0 Å². The summed E-state index contributed by atoms with van der Waals surface area (Å²) in [4.78, 5) is 0. The molecule has 0 aromatic heterocycles. The van der Waals surface area contributed by atoms with Crippen LogP contribution >= 0.6 is 23.2 Å². The Hall–Kier alpha value is -2.06. The smallest absolute Gasteiger partial charge is 0.143 e. The number of hydrogen-bond acceptors (Lipinski definition) is 1. The number of hydrogen-bond donors (Lipinski definition) is 0. The highest BCUT2D eigenvalue weighted by Gasteiger charge is 2.13. The van der Waals surface area contributed by atoms with E-state index in [2.05, 4.69) is 23.7 Å². The van der Waals surface area contributed by atoms with E-state index in [0.29, 0.717) is 21.5 Å². The van der Waals surface area contributed by atoms with Crippen molar-refractivity contribution in [1.82, 2.24) is 0 Å². The average molecular weight is 371 g/mol. The van der Waals surface area contributed by atoms with Crippen LogP contribution in [0.2, 0.25) is 10.0 Å². The molecule has 0 aliphatic carbocycles. The van der Waals surface area contributed by atoms with Gasteiger partial charge < -0.3 is 4.74 Å². The van der Waals surface area contributed by atoms with E-state index in [4.69, 9.17) is 27.9 Å². The summed E-state index contributed by atoms with van der Waals surface area (Å²) in [5, 5.41) is 1.34. The molecule has 2 rings (SSSR count). The monoisotopic (exact) mass is 370 g/mol. The third-order valence-electron chi connectivity index (χ3n) is 3.72. The molecule has 0 amide bonds. The predicted octanol–water partition coefficient (Wildman–Crippen LogP) is 6.93. The Balaban J connectivity index is 2.58. The molecule has 25 heavy (non-hydrogen) atoms. The van der Waals surface area contributed by atoms with Crippen LogP contribution < -0.4 is 4.74 Å². The molecule has 0 aliphatic heterocycles. The number of halogens is 2. The van der Waals surface area contributed by atoms with Gasteiger partial charge in [-0.1, -0.05) is 60.7 Å². The normalized spacial score (nSPS) is 9.68. The van der Waals surface area contributed by atoms with Crippen molar-refractivity contribution >= 4 is 23.2 Å². The standard InChI is InChI=1S/C22H20Cl2O/c1-5-7-9-17-15(3)19(23)11-13-21(17)25-22-14-12-20(24)16(4)18(22)10-8-6-2/h11-14H,5-6H2,1-4H3. The minimum Gasteiger partial charge on any atom is -0.455 e. The molecule has 0 N–H and O–H groups in total. The highest BCUT2D eigenvalue weighted by molar-refractivity contribution is 6.31. The molecule has 0 saturated heterocycles. The van der Waals surface area contributed by atoms with E-state index < -0.39 is 0 Å². The van der Waals surface area contributed by atoms with Crippen LogP contribution in [0.25, 0.3) is 0 Å². The topological polar surface area (TPSA) is 9.23 Å². The van der Waals surface area contributed by atoms with Crippen molar-refractivity contribution in [1.29, 1.82) is 0 Å². The van der Waals surface area contributed by atoms with E-state index in [9.17, 15) is 0 Å². The molecular formula is C22H20Cl2O. The minimum absolute atomic E-state index is 0.670. The van der Waals surface area contributed by atoms with E-state index in [1.807, 2.05) is 52.0 Å². The zero-order chi connectivity index (χ0) is 18.4. The number of ether oxygens (including phenoxy) is 1. The van der Waals surface area contributed by atoms with Gasteiger partial charge in [0.25, 0.3) is 0 Å². The summed E-state index contributed by atoms with van der Waals surface area (Å²) in [5.74, 6) is 13.8. The zero-order valence-electron chi connectivity index (χ0n) is 14.9. The van der Waals surface area contributed by atoms with Crippen molar-refractivity contribution in [3.63, 3.8) is 0 Å². The van der Waals surface area contributed by atoms with Gasteiger partial charge in [-0.05, 0) is 49.2 Å². The SMILES string of the molecule is CCC#Cc1c(Oc2ccc(Cl)c(C)c2C#CCC)ccc(Cl)c1C. The first-order valence-corrected chi connectivity index (χ1v) is 8.98. The maximum Gasteiger partial charge on any atom is 0.143 e. The lowest BCUT2D eigenvalue weighted by Crippen LogP contribution is -1.96. The highest BCUT2D eigenvalue weighted by Crippen LogP contribution is 2.35. The van der Waals surface area contributed by atoms with Gasteiger partial charge in [-0.15, -0.1) is 0 Å². The molecule has 0 spiro atoms. The van der Waals surface area contributed by atoms with Crippen molar-refractivity contribution in [2.45, 2.75) is 40.5 Å². The summed E-state index contributed by atoms with van der Waals surface area (Å²) in [6.45, 7) is 7.91. The minimum atomic E-state index is 0.670. The van der Waals surface area contributed by atoms with Crippen LogP contribution in [-0.4, -0.2) is 0 Å². The number of benzene rings is 2. The second kappa shape index (κ2) is 8.87. The lowest BCUT2D eigenvalue weighted by atomic mass is 10.1. The molecule has 1 nitrogen and oxygen atoms in total. The molecule has 0 heterocycles. The van der Waals surface area contributed by atoms with E-state index in [0.717, 1.165) is 35.1 Å². The van der Waals surface area contributed by atoms with Crippen LogP contribution in [0.5, 0.6) is 11.5 Å². The predicted molar refractivity (Wildman–Crippen MR) is 107 cm³/mol. The van der Waals surface area contributed by atoms with E-state index in [1.54, 1.807) is 0 Å². The second-order valence-electron chi connectivity index (χ2n) is 5.50. The molecule has 0 saturated carbocycles. The molecule has 3 heteroatoms. The summed E-state index contributed by atoms with van der Waals surface area (Å²) in [6, 6.07) is 7.33. The fraction of sp³-hybridized carbons (Fsp3) is 0.273. The van der Waals surface area contributed by atoms with Crippen molar-refractivity contribution in [2.75, 3.05) is 0 Å². The molecular weight excluding hydrogens is 351 g/mol. The molecule has 2 aromatic carbocycles. The summed E-state index contributed by atoms with van der Waals surface area (Å²) in [6.07, 6.45) is 1.53. The lowest BCUT2D eigenvalue weighted by molar-refractivity contribution is 0.479. The largest absolute Gasteiger partial charge is 0.455 e. The molecule has 128 valence electrons. The first-order chi connectivity index (χ1) is 12.0. The van der Waals surface area contributed by atoms with Crippen LogP contribution in [0.1, 0.15) is 48.9 Å². The Morgan fingerprint density at radius 1 is 0.760 bits per heavy atom. The quantitative estimate of drug-likeness (QED) is 0.520. The van der Waals surface area contributed by atoms with Crippen molar-refractivity contribution in [3.05, 3.63) is 56.6 Å². The van der Waals surface area contributed by atoms with Gasteiger partial charge in [0.15, 0.2) is 0 Å². The molecule has 0 unspecified atom stereocenters. The Bertz CT molecular complexity index is 830. The molecule has 0 bridgehead atoms. The third-order valence-corrected chi connectivity index (χ3v) is 4.54. The zero-order valence-corrected chi connectivity index (χ0v) is 16.4. The fourth-order valence-corrected chi connectivity index (χ4v) is 2.59. The van der Waals surface area contributed by atoms with Crippen molar-refractivity contribution in [2.24, 2.45) is 0 Å². The first-order valence-electron chi connectivity index (χ1n) is 8.23. The van der Waals surface area contributed by atoms with Gasteiger partial charge in [0.1, 0.15) is 11.5 Å².